The van der Waals surface area contributed by atoms with Crippen molar-refractivity contribution in [1.82, 2.24) is 5.32 Å². The number of ether oxygens (including phenoxy) is 1. The monoisotopic (exact) mass is 345 g/mol. The lowest BCUT2D eigenvalue weighted by atomic mass is 9.98. The Balaban J connectivity index is 1.89. The Bertz CT molecular complexity index is 949. The fraction of sp³-hybridized carbons (Fsp3) is 0.0455. The maximum Gasteiger partial charge on any atom is 0.259 e. The number of phenolic OH excluding ortho intramolecular Hbond substituents is 1. The van der Waals surface area contributed by atoms with Crippen LogP contribution in [-0.4, -0.2) is 18.1 Å². The molecule has 0 radical (unpaired) electrons. The first-order valence-corrected chi connectivity index (χ1v) is 8.13. The largest absolute Gasteiger partial charge is 0.504 e. The maximum absolute atomic E-state index is 12.6. The van der Waals surface area contributed by atoms with Gasteiger partial charge in [-0.2, -0.15) is 0 Å². The van der Waals surface area contributed by atoms with E-state index in [0.717, 1.165) is 16.7 Å². The summed E-state index contributed by atoms with van der Waals surface area (Å²) < 4.78 is 5.05. The first-order valence-electron chi connectivity index (χ1n) is 8.13. The van der Waals surface area contributed by atoms with Gasteiger partial charge in [0.25, 0.3) is 5.91 Å². The second kappa shape index (κ2) is 7.57. The van der Waals surface area contributed by atoms with Gasteiger partial charge in [0.1, 0.15) is 0 Å². The lowest BCUT2D eigenvalue weighted by Gasteiger charge is -2.14. The minimum Gasteiger partial charge on any atom is -0.504 e. The van der Waals surface area contributed by atoms with Gasteiger partial charge in [-0.25, -0.2) is 0 Å². The first kappa shape index (κ1) is 17.3. The van der Waals surface area contributed by atoms with E-state index < -0.39 is 5.91 Å². The van der Waals surface area contributed by atoms with Crippen LogP contribution in [0.1, 0.15) is 15.9 Å². The molecule has 0 aliphatic rings. The van der Waals surface area contributed by atoms with E-state index in [1.165, 1.54) is 13.2 Å². The van der Waals surface area contributed by atoms with Crippen molar-refractivity contribution < 1.29 is 14.6 Å². The van der Waals surface area contributed by atoms with Crippen LogP contribution in [0.25, 0.3) is 16.8 Å². The third-order valence-corrected chi connectivity index (χ3v) is 4.06. The molecule has 0 spiro atoms. The molecule has 26 heavy (non-hydrogen) atoms. The van der Waals surface area contributed by atoms with E-state index in [4.69, 9.17) is 4.74 Å². The molecule has 4 heteroatoms. The number of aromatic hydroxyl groups is 1. The van der Waals surface area contributed by atoms with Crippen LogP contribution in [-0.2, 0) is 0 Å². The third kappa shape index (κ3) is 3.44. The minimum absolute atomic E-state index is 0.127. The summed E-state index contributed by atoms with van der Waals surface area (Å²) in [5, 5.41) is 12.9. The molecule has 0 aliphatic heterocycles. The fourth-order valence-electron chi connectivity index (χ4n) is 2.76. The van der Waals surface area contributed by atoms with Gasteiger partial charge in [0.2, 0.25) is 0 Å². The number of carbonyl (C=O) groups excluding carboxylic acids is 1. The number of carbonyl (C=O) groups is 1. The van der Waals surface area contributed by atoms with Crippen LogP contribution in [0.2, 0.25) is 0 Å². The highest BCUT2D eigenvalue weighted by Crippen LogP contribution is 2.31. The maximum atomic E-state index is 12.6. The van der Waals surface area contributed by atoms with Gasteiger partial charge in [0.15, 0.2) is 11.5 Å². The van der Waals surface area contributed by atoms with Crippen molar-refractivity contribution in [3.63, 3.8) is 0 Å². The van der Waals surface area contributed by atoms with E-state index in [2.05, 4.69) is 11.9 Å². The standard InChI is InChI=1S/C22H19NO3/c1-15(23-22(25)19-13-8-14-20(26-2)21(19)24)17-11-6-7-12-18(17)16-9-4-3-5-10-16/h3-14,24H,1H2,2H3,(H,23,25). The number of hydrogen-bond donors (Lipinski definition) is 2. The van der Waals surface area contributed by atoms with Gasteiger partial charge in [-0.1, -0.05) is 67.2 Å². The van der Waals surface area contributed by atoms with Crippen LogP contribution in [0.3, 0.4) is 0 Å². The molecule has 0 heterocycles. The molecule has 4 nitrogen and oxygen atoms in total. The summed E-state index contributed by atoms with van der Waals surface area (Å²) in [5.74, 6) is -0.404. The Morgan fingerprint density at radius 1 is 0.923 bits per heavy atom. The van der Waals surface area contributed by atoms with Gasteiger partial charge in [-0.05, 0) is 23.3 Å². The fourth-order valence-corrected chi connectivity index (χ4v) is 2.76. The highest BCUT2D eigenvalue weighted by molar-refractivity contribution is 6.02. The molecule has 0 bridgehead atoms. The number of hydrogen-bond acceptors (Lipinski definition) is 3. The van der Waals surface area contributed by atoms with Crippen molar-refractivity contribution in [1.29, 1.82) is 0 Å². The SMILES string of the molecule is C=C(NC(=O)c1cccc(OC)c1O)c1ccccc1-c1ccccc1. The van der Waals surface area contributed by atoms with E-state index in [9.17, 15) is 9.90 Å². The van der Waals surface area contributed by atoms with Gasteiger partial charge in [-0.3, -0.25) is 4.79 Å². The molecule has 0 fully saturated rings. The zero-order chi connectivity index (χ0) is 18.5. The summed E-state index contributed by atoms with van der Waals surface area (Å²) in [5.41, 5.74) is 3.39. The molecule has 2 N–H and O–H groups in total. The van der Waals surface area contributed by atoms with Gasteiger partial charge in [-0.15, -0.1) is 0 Å². The molecule has 3 aromatic rings. The molecule has 130 valence electrons. The Hall–Kier alpha value is -3.53. The van der Waals surface area contributed by atoms with Gasteiger partial charge >= 0.3 is 0 Å². The number of nitrogens with one attached hydrogen (secondary N) is 1. The van der Waals surface area contributed by atoms with E-state index >= 15 is 0 Å². The number of rotatable bonds is 5. The van der Waals surface area contributed by atoms with E-state index in [1.807, 2.05) is 54.6 Å². The normalized spacial score (nSPS) is 10.2. The summed E-state index contributed by atoms with van der Waals surface area (Å²) >= 11 is 0. The van der Waals surface area contributed by atoms with Crippen LogP contribution in [0.15, 0.2) is 79.4 Å². The zero-order valence-corrected chi connectivity index (χ0v) is 14.4. The van der Waals surface area contributed by atoms with Gasteiger partial charge < -0.3 is 15.2 Å². The Morgan fingerprint density at radius 2 is 1.58 bits per heavy atom. The van der Waals surface area contributed by atoms with Crippen molar-refractivity contribution in [3.8, 4) is 22.6 Å². The van der Waals surface area contributed by atoms with Crippen molar-refractivity contribution in [2.45, 2.75) is 0 Å². The summed E-state index contributed by atoms with van der Waals surface area (Å²) in [6.45, 7) is 4.00. The van der Waals surface area contributed by atoms with E-state index in [-0.39, 0.29) is 17.1 Å². The Labute approximate surface area is 152 Å². The average molecular weight is 345 g/mol. The third-order valence-electron chi connectivity index (χ3n) is 4.06. The van der Waals surface area contributed by atoms with Crippen LogP contribution in [0, 0.1) is 0 Å². The van der Waals surface area contributed by atoms with Crippen molar-refractivity contribution in [2.75, 3.05) is 7.11 Å². The molecule has 3 aromatic carbocycles. The summed E-state index contributed by atoms with van der Waals surface area (Å²) in [6.07, 6.45) is 0. The van der Waals surface area contributed by atoms with Crippen LogP contribution < -0.4 is 10.1 Å². The van der Waals surface area contributed by atoms with Crippen molar-refractivity contribution in [2.24, 2.45) is 0 Å². The number of amides is 1. The van der Waals surface area contributed by atoms with Crippen molar-refractivity contribution >= 4 is 11.6 Å². The molecule has 1 amide bonds. The molecule has 0 atom stereocenters. The smallest absolute Gasteiger partial charge is 0.259 e. The highest BCUT2D eigenvalue weighted by Gasteiger charge is 2.17. The van der Waals surface area contributed by atoms with Crippen LogP contribution in [0.4, 0.5) is 0 Å². The zero-order valence-electron chi connectivity index (χ0n) is 14.4. The summed E-state index contributed by atoms with van der Waals surface area (Å²) in [6, 6.07) is 22.4. The quantitative estimate of drug-likeness (QED) is 0.717. The number of para-hydroxylation sites is 1. The molecule has 0 aromatic heterocycles. The highest BCUT2D eigenvalue weighted by atomic mass is 16.5. The van der Waals surface area contributed by atoms with Crippen molar-refractivity contribution in [3.05, 3.63) is 90.5 Å². The molecule has 0 aliphatic carbocycles. The lowest BCUT2D eigenvalue weighted by Crippen LogP contribution is -2.21. The molecule has 0 saturated carbocycles. The van der Waals surface area contributed by atoms with Crippen LogP contribution in [0.5, 0.6) is 11.5 Å². The lowest BCUT2D eigenvalue weighted by molar-refractivity contribution is 0.0970. The van der Waals surface area contributed by atoms with Gasteiger partial charge in [0.05, 0.1) is 12.7 Å². The number of benzene rings is 3. The Kier molecular flexibility index (Phi) is 5.04. The number of phenols is 1. The van der Waals surface area contributed by atoms with E-state index in [1.54, 1.807) is 12.1 Å². The molecule has 0 saturated heterocycles. The first-order chi connectivity index (χ1) is 12.6. The van der Waals surface area contributed by atoms with Crippen LogP contribution >= 0.6 is 0 Å². The minimum atomic E-state index is -0.450. The molecule has 3 rings (SSSR count). The topological polar surface area (TPSA) is 58.6 Å². The number of methoxy groups -OCH3 is 1. The molecular weight excluding hydrogens is 326 g/mol. The molecule has 0 unspecified atom stereocenters. The summed E-state index contributed by atoms with van der Waals surface area (Å²) in [4.78, 5) is 12.6. The molecular formula is C22H19NO3. The predicted octanol–water partition coefficient (Wildman–Crippen LogP) is 4.47. The second-order valence-corrected chi connectivity index (χ2v) is 5.70. The second-order valence-electron chi connectivity index (χ2n) is 5.70. The van der Waals surface area contributed by atoms with Gasteiger partial charge in [0, 0.05) is 11.3 Å². The predicted molar refractivity (Wildman–Crippen MR) is 103 cm³/mol. The summed E-state index contributed by atoms with van der Waals surface area (Å²) in [7, 11) is 1.44. The van der Waals surface area contributed by atoms with E-state index in [0.29, 0.717) is 5.70 Å². The Morgan fingerprint density at radius 3 is 2.31 bits per heavy atom. The average Bonchev–Trinajstić information content (AvgIpc) is 2.68.